The number of rotatable bonds is 12. The lowest BCUT2D eigenvalue weighted by Crippen LogP contribution is -2.33. The molecule has 0 radical (unpaired) electrons. The van der Waals surface area contributed by atoms with Gasteiger partial charge in [-0.15, -0.1) is 11.3 Å². The van der Waals surface area contributed by atoms with Crippen LogP contribution >= 0.6 is 18.9 Å². The number of nitrogens with one attached hydrogen (secondary N) is 1. The van der Waals surface area contributed by atoms with Gasteiger partial charge in [-0.05, 0) is 35.2 Å². The van der Waals surface area contributed by atoms with Crippen LogP contribution in [0.1, 0.15) is 17.5 Å². The number of sulfonamides is 1. The molecule has 2 aromatic carbocycles. The highest BCUT2D eigenvalue weighted by atomic mass is 32.2. The average molecular weight is 624 g/mol. The summed E-state index contributed by atoms with van der Waals surface area (Å²) in [6.07, 6.45) is 3.06. The third kappa shape index (κ3) is 7.94. The molecule has 1 atom stereocenters. The molecular formula is C25H23FN3O7PS3. The molecule has 4 rings (SSSR count). The molecule has 2 heterocycles. The van der Waals surface area contributed by atoms with Crippen molar-refractivity contribution in [2.24, 2.45) is 0 Å². The van der Waals surface area contributed by atoms with Gasteiger partial charge in [-0.1, -0.05) is 18.2 Å². The standard InChI is InChI=1S/C25H23FN3O7PS3/c26-23-15-22(8-7-21(23)16-27)36-37(30,31)18-28-40(34,35)25-14-20-6-5-19(13-24(20)38-25)17-39(32,33)12-4-11-29-9-2-1-3-10-29/h1-3,5-10,13-15,28H,4,11-12,17-18H2. The van der Waals surface area contributed by atoms with Gasteiger partial charge < -0.3 is 9.42 Å². The van der Waals surface area contributed by atoms with Crippen LogP contribution in [0.5, 0.6) is 5.75 Å². The Morgan fingerprint density at radius 1 is 1.07 bits per heavy atom. The van der Waals surface area contributed by atoms with E-state index in [0.717, 1.165) is 23.5 Å². The number of aromatic nitrogens is 1. The van der Waals surface area contributed by atoms with E-state index >= 15 is 0 Å². The lowest BCUT2D eigenvalue weighted by molar-refractivity contribution is -0.696. The van der Waals surface area contributed by atoms with E-state index in [0.29, 0.717) is 34.7 Å². The van der Waals surface area contributed by atoms with Gasteiger partial charge in [0.25, 0.3) is 10.0 Å². The quantitative estimate of drug-likeness (QED) is 0.186. The Hall–Kier alpha value is -3.18. The number of fused-ring (bicyclic) bond motifs is 1. The lowest BCUT2D eigenvalue weighted by Gasteiger charge is -2.24. The SMILES string of the molecule is N#Cc1ccc(OP(=O)([O-])CNS(=O)(=O)c2cc3ccc(CS(=O)(=O)CCC[n+]4ccccc4)cc3s2)cc1F. The van der Waals surface area contributed by atoms with Gasteiger partial charge >= 0.3 is 0 Å². The molecule has 1 unspecified atom stereocenters. The number of nitrogens with zero attached hydrogens (tertiary/aromatic N) is 2. The largest absolute Gasteiger partial charge is 0.768 e. The lowest BCUT2D eigenvalue weighted by atomic mass is 10.2. The monoisotopic (exact) mass is 623 g/mol. The number of aryl methyl sites for hydroxylation is 1. The van der Waals surface area contributed by atoms with Gasteiger partial charge in [-0.25, -0.2) is 30.5 Å². The third-order valence-corrected chi connectivity index (χ3v) is 11.5. The van der Waals surface area contributed by atoms with E-state index in [1.54, 1.807) is 24.3 Å². The molecule has 40 heavy (non-hydrogen) atoms. The Kier molecular flexibility index (Phi) is 9.04. The van der Waals surface area contributed by atoms with Gasteiger partial charge in [0.2, 0.25) is 0 Å². The molecule has 0 bridgehead atoms. The van der Waals surface area contributed by atoms with Gasteiger partial charge in [0, 0.05) is 29.3 Å². The van der Waals surface area contributed by atoms with E-state index in [1.165, 1.54) is 6.07 Å². The minimum atomic E-state index is -4.82. The molecule has 4 aromatic rings. The molecule has 15 heteroatoms. The fourth-order valence-electron chi connectivity index (χ4n) is 3.72. The van der Waals surface area contributed by atoms with Crippen LogP contribution in [0, 0.1) is 17.1 Å². The molecule has 0 spiro atoms. The van der Waals surface area contributed by atoms with Crippen molar-refractivity contribution in [2.75, 3.05) is 12.0 Å². The highest BCUT2D eigenvalue weighted by molar-refractivity contribution is 7.92. The molecule has 2 aromatic heterocycles. The number of pyridine rings is 1. The van der Waals surface area contributed by atoms with Gasteiger partial charge in [0.05, 0.1) is 23.4 Å². The minimum Gasteiger partial charge on any atom is -0.768 e. The van der Waals surface area contributed by atoms with Crippen LogP contribution in [0.25, 0.3) is 10.1 Å². The molecule has 210 valence electrons. The summed E-state index contributed by atoms with van der Waals surface area (Å²) in [5, 5.41) is 9.30. The molecule has 0 aliphatic carbocycles. The van der Waals surface area contributed by atoms with Crippen LogP contribution in [0.4, 0.5) is 4.39 Å². The first-order valence-corrected chi connectivity index (χ1v) is 17.6. The maximum Gasteiger partial charge on any atom is 0.250 e. The highest BCUT2D eigenvalue weighted by Gasteiger charge is 2.22. The van der Waals surface area contributed by atoms with Crippen LogP contribution in [0.3, 0.4) is 0 Å². The van der Waals surface area contributed by atoms with Gasteiger partial charge in [-0.2, -0.15) is 5.26 Å². The zero-order valence-electron chi connectivity index (χ0n) is 20.8. The van der Waals surface area contributed by atoms with Crippen molar-refractivity contribution >= 4 is 48.9 Å². The van der Waals surface area contributed by atoms with E-state index in [4.69, 9.17) is 9.79 Å². The van der Waals surface area contributed by atoms with Crippen molar-refractivity contribution in [3.8, 4) is 11.8 Å². The number of hydrogen-bond acceptors (Lipinski definition) is 9. The van der Waals surface area contributed by atoms with Crippen LogP contribution in [0.2, 0.25) is 0 Å². The van der Waals surface area contributed by atoms with E-state index in [1.807, 2.05) is 39.9 Å². The summed E-state index contributed by atoms with van der Waals surface area (Å²) in [5.74, 6) is -1.60. The fourth-order valence-corrected chi connectivity index (χ4v) is 9.10. The van der Waals surface area contributed by atoms with Crippen molar-refractivity contribution in [1.29, 1.82) is 5.26 Å². The molecule has 0 fully saturated rings. The number of halogens is 1. The van der Waals surface area contributed by atoms with Crippen molar-refractivity contribution in [1.82, 2.24) is 4.72 Å². The summed E-state index contributed by atoms with van der Waals surface area (Å²) in [6.45, 7) is 0.559. The second kappa shape index (κ2) is 12.1. The molecule has 10 nitrogen and oxygen atoms in total. The summed E-state index contributed by atoms with van der Waals surface area (Å²) in [6, 6.07) is 16.2. The van der Waals surface area contributed by atoms with E-state index in [9.17, 15) is 30.7 Å². The number of benzene rings is 2. The smallest absolute Gasteiger partial charge is 0.250 e. The maximum absolute atomic E-state index is 13.7. The number of nitriles is 1. The summed E-state index contributed by atoms with van der Waals surface area (Å²) >= 11 is 0.859. The molecule has 1 N–H and O–H groups in total. The van der Waals surface area contributed by atoms with Crippen molar-refractivity contribution in [3.05, 3.63) is 90.0 Å². The Bertz CT molecular complexity index is 1840. The number of sulfone groups is 1. The third-order valence-electron chi connectivity index (χ3n) is 5.62. The topological polar surface area (TPSA) is 157 Å². The Balaban J connectivity index is 1.39. The Morgan fingerprint density at radius 3 is 2.52 bits per heavy atom. The normalized spacial score (nSPS) is 13.5. The first-order chi connectivity index (χ1) is 18.9. The van der Waals surface area contributed by atoms with E-state index < -0.39 is 45.3 Å². The predicted octanol–water partition coefficient (Wildman–Crippen LogP) is 3.07. The molecule has 0 saturated heterocycles. The molecule has 0 saturated carbocycles. The minimum absolute atomic E-state index is 0.00659. The maximum atomic E-state index is 13.7. The Labute approximate surface area is 234 Å². The number of thiophene rings is 1. The fraction of sp³-hybridized carbons (Fsp3) is 0.200. The zero-order chi connectivity index (χ0) is 29.0. The highest BCUT2D eigenvalue weighted by Crippen LogP contribution is 2.38. The van der Waals surface area contributed by atoms with Crippen LogP contribution in [0.15, 0.2) is 77.3 Å². The van der Waals surface area contributed by atoms with Gasteiger partial charge in [-0.3, -0.25) is 4.57 Å². The summed E-state index contributed by atoms with van der Waals surface area (Å²) in [4.78, 5) is 12.3. The molecule has 0 amide bonds. The van der Waals surface area contributed by atoms with E-state index in [-0.39, 0.29) is 21.3 Å². The van der Waals surface area contributed by atoms with Crippen molar-refractivity contribution in [2.45, 2.75) is 22.9 Å². The summed E-state index contributed by atoms with van der Waals surface area (Å²) < 4.78 is 85.8. The van der Waals surface area contributed by atoms with Crippen LogP contribution in [-0.2, 0) is 36.7 Å². The zero-order valence-corrected chi connectivity index (χ0v) is 24.1. The van der Waals surface area contributed by atoms with Crippen LogP contribution < -0.4 is 18.7 Å². The second-order valence-corrected chi connectivity index (χ2v) is 15.7. The van der Waals surface area contributed by atoms with Crippen molar-refractivity contribution in [3.63, 3.8) is 0 Å². The Morgan fingerprint density at radius 2 is 1.82 bits per heavy atom. The molecule has 0 aliphatic rings. The molecular weight excluding hydrogens is 600 g/mol. The first kappa shape index (κ1) is 29.8. The predicted molar refractivity (Wildman–Crippen MR) is 145 cm³/mol. The van der Waals surface area contributed by atoms with Crippen LogP contribution in [-0.4, -0.2) is 28.9 Å². The average Bonchev–Trinajstić information content (AvgIpc) is 3.32. The molecule has 0 aliphatic heterocycles. The van der Waals surface area contributed by atoms with E-state index in [2.05, 4.69) is 0 Å². The summed E-state index contributed by atoms with van der Waals surface area (Å²) in [5.41, 5.74) is 0.201. The van der Waals surface area contributed by atoms with Crippen molar-refractivity contribution < 1.29 is 39.8 Å². The first-order valence-electron chi connectivity index (χ1n) is 11.7. The number of hydrogen-bond donors (Lipinski definition) is 1. The van der Waals surface area contributed by atoms with Gasteiger partial charge in [0.1, 0.15) is 28.4 Å². The van der Waals surface area contributed by atoms with Gasteiger partial charge in [0.15, 0.2) is 29.8 Å². The second-order valence-electron chi connectivity index (χ2n) is 8.76. The summed E-state index contributed by atoms with van der Waals surface area (Å²) in [7, 11) is -12.5.